The summed E-state index contributed by atoms with van der Waals surface area (Å²) >= 11 is 0. The molecule has 1 amide bonds. The Morgan fingerprint density at radius 3 is 2.33 bits per heavy atom. The third-order valence-electron chi connectivity index (χ3n) is 6.19. The molecule has 1 aromatic carbocycles. The Morgan fingerprint density at radius 2 is 1.79 bits per heavy atom. The molecule has 1 saturated heterocycles. The van der Waals surface area contributed by atoms with E-state index in [0.29, 0.717) is 36.6 Å². The van der Waals surface area contributed by atoms with Crippen molar-refractivity contribution in [3.05, 3.63) is 41.3 Å². The van der Waals surface area contributed by atoms with Crippen molar-refractivity contribution >= 4 is 17.8 Å². The Balaban J connectivity index is 1.43. The number of ketones is 1. The maximum absolute atomic E-state index is 12.3. The summed E-state index contributed by atoms with van der Waals surface area (Å²) in [5.74, 6) is 0.550. The quantitative estimate of drug-likeness (QED) is 0.526. The fraction of sp³-hybridized carbons (Fsp3) is 0.520. The number of aromatic amines is 1. The molecule has 1 spiro atoms. The van der Waals surface area contributed by atoms with Crippen molar-refractivity contribution in [2.75, 3.05) is 19.7 Å². The smallest absolute Gasteiger partial charge is 0.410 e. The second-order valence-electron chi connectivity index (χ2n) is 10.1. The van der Waals surface area contributed by atoms with Gasteiger partial charge in [-0.1, -0.05) is 12.1 Å². The maximum atomic E-state index is 12.3. The second kappa shape index (κ2) is 8.32. The summed E-state index contributed by atoms with van der Waals surface area (Å²) in [6, 6.07) is 6.93. The van der Waals surface area contributed by atoms with Crippen LogP contribution < -0.4 is 0 Å². The summed E-state index contributed by atoms with van der Waals surface area (Å²) in [5.41, 5.74) is 1.92. The molecule has 2 aromatic rings. The van der Waals surface area contributed by atoms with Gasteiger partial charge in [-0.2, -0.15) is 0 Å². The van der Waals surface area contributed by atoms with Crippen LogP contribution in [0, 0.1) is 5.41 Å². The molecule has 8 nitrogen and oxygen atoms in total. The first-order chi connectivity index (χ1) is 15.5. The van der Waals surface area contributed by atoms with E-state index >= 15 is 0 Å². The Morgan fingerprint density at radius 1 is 1.15 bits per heavy atom. The molecular formula is C25H31N3O5. The number of amides is 1. The number of hydrogen-bond donors (Lipinski definition) is 1. The fourth-order valence-electron chi connectivity index (χ4n) is 4.68. The second-order valence-corrected chi connectivity index (χ2v) is 10.1. The van der Waals surface area contributed by atoms with Crippen molar-refractivity contribution < 1.29 is 23.9 Å². The first-order valence-electron chi connectivity index (χ1n) is 11.4. The monoisotopic (exact) mass is 453 g/mol. The van der Waals surface area contributed by atoms with E-state index in [1.54, 1.807) is 36.1 Å². The lowest BCUT2D eigenvalue weighted by Gasteiger charge is -2.58. The molecule has 1 aliphatic carbocycles. The third-order valence-corrected chi connectivity index (χ3v) is 6.19. The number of Topliss-reactive ketones (excluding diaryl/α,β-unsaturated/α-hetero) is 1. The molecule has 1 aromatic heterocycles. The average molecular weight is 454 g/mol. The average Bonchev–Trinajstić information content (AvgIpc) is 3.10. The molecule has 2 aliphatic rings. The molecule has 0 unspecified atom stereocenters. The van der Waals surface area contributed by atoms with Gasteiger partial charge >= 0.3 is 12.1 Å². The number of carbonyl (C=O) groups is 3. The van der Waals surface area contributed by atoms with Crippen LogP contribution >= 0.6 is 0 Å². The van der Waals surface area contributed by atoms with Crippen LogP contribution in [0.3, 0.4) is 0 Å². The van der Waals surface area contributed by atoms with Gasteiger partial charge in [0.15, 0.2) is 5.78 Å². The van der Waals surface area contributed by atoms with Crippen LogP contribution in [0.25, 0.3) is 11.3 Å². The minimum absolute atomic E-state index is 0.0907. The predicted molar refractivity (Wildman–Crippen MR) is 122 cm³/mol. The van der Waals surface area contributed by atoms with Gasteiger partial charge in [-0.3, -0.25) is 4.79 Å². The van der Waals surface area contributed by atoms with Crippen LogP contribution in [0.1, 0.15) is 80.0 Å². The van der Waals surface area contributed by atoms with Crippen molar-refractivity contribution in [2.24, 2.45) is 5.41 Å². The number of aromatic nitrogens is 2. The first kappa shape index (κ1) is 23.0. The van der Waals surface area contributed by atoms with Crippen LogP contribution in [0.15, 0.2) is 24.3 Å². The molecule has 33 heavy (non-hydrogen) atoms. The van der Waals surface area contributed by atoms with Crippen LogP contribution in [0.4, 0.5) is 4.79 Å². The number of rotatable bonds is 5. The zero-order valence-corrected chi connectivity index (χ0v) is 19.9. The standard InChI is InChI=1S/C25H31N3O5/c1-6-32-22(30)17-9-7-16(8-10-17)20-19(15(2)29)26-21(27-20)18-11-25(12-18)13-28(14-25)23(31)33-24(3,4)5/h7-10,18H,6,11-14H2,1-5H3,(H,26,27). The van der Waals surface area contributed by atoms with Crippen LogP contribution in [0.5, 0.6) is 0 Å². The summed E-state index contributed by atoms with van der Waals surface area (Å²) in [5, 5.41) is 0. The lowest BCUT2D eigenvalue weighted by Crippen LogP contribution is -2.63. The predicted octanol–water partition coefficient (Wildman–Crippen LogP) is 4.57. The molecule has 0 bridgehead atoms. The number of esters is 1. The molecule has 2 fully saturated rings. The zero-order valence-electron chi connectivity index (χ0n) is 19.9. The summed E-state index contributed by atoms with van der Waals surface area (Å²) in [7, 11) is 0. The van der Waals surface area contributed by atoms with E-state index < -0.39 is 5.60 Å². The molecule has 2 heterocycles. The highest BCUT2D eigenvalue weighted by Gasteiger charge is 2.55. The number of nitrogens with zero attached hydrogens (tertiary/aromatic N) is 2. The number of likely N-dealkylation sites (tertiary alicyclic amines) is 1. The lowest BCUT2D eigenvalue weighted by atomic mass is 9.57. The molecule has 0 radical (unpaired) electrons. The molecular weight excluding hydrogens is 422 g/mol. The number of hydrogen-bond acceptors (Lipinski definition) is 6. The minimum Gasteiger partial charge on any atom is -0.462 e. The van der Waals surface area contributed by atoms with Crippen LogP contribution in [-0.4, -0.2) is 58.0 Å². The van der Waals surface area contributed by atoms with Gasteiger partial charge in [0.25, 0.3) is 0 Å². The van der Waals surface area contributed by atoms with Crippen molar-refractivity contribution in [3.8, 4) is 11.3 Å². The Kier molecular flexibility index (Phi) is 5.80. The van der Waals surface area contributed by atoms with Gasteiger partial charge < -0.3 is 19.4 Å². The summed E-state index contributed by atoms with van der Waals surface area (Å²) in [4.78, 5) is 46.1. The maximum Gasteiger partial charge on any atom is 0.410 e. The van der Waals surface area contributed by atoms with Crippen molar-refractivity contribution in [1.29, 1.82) is 0 Å². The van der Waals surface area contributed by atoms with E-state index in [1.165, 1.54) is 6.92 Å². The highest BCUT2D eigenvalue weighted by Crippen LogP contribution is 2.55. The molecule has 0 atom stereocenters. The highest BCUT2D eigenvalue weighted by atomic mass is 16.6. The van der Waals surface area contributed by atoms with Gasteiger partial charge in [0.05, 0.1) is 17.9 Å². The van der Waals surface area contributed by atoms with Crippen LogP contribution in [0.2, 0.25) is 0 Å². The summed E-state index contributed by atoms with van der Waals surface area (Å²) in [6.07, 6.45) is 1.57. The molecule has 1 N–H and O–H groups in total. The normalized spacial score (nSPS) is 17.3. The topological polar surface area (TPSA) is 102 Å². The number of ether oxygens (including phenoxy) is 2. The van der Waals surface area contributed by atoms with E-state index in [2.05, 4.69) is 4.98 Å². The SMILES string of the molecule is CCOC(=O)c1ccc(-c2nc(C3CC4(C3)CN(C(=O)OC(C)(C)C)C4)[nH]c2C(C)=O)cc1. The minimum atomic E-state index is -0.496. The highest BCUT2D eigenvalue weighted by molar-refractivity contribution is 5.98. The summed E-state index contributed by atoms with van der Waals surface area (Å²) < 4.78 is 10.5. The molecule has 8 heteroatoms. The fourth-order valence-corrected chi connectivity index (χ4v) is 4.68. The van der Waals surface area contributed by atoms with Gasteiger partial charge in [-0.15, -0.1) is 0 Å². The Labute approximate surface area is 193 Å². The molecule has 4 rings (SSSR count). The third kappa shape index (κ3) is 4.65. The van der Waals surface area contributed by atoms with Crippen molar-refractivity contribution in [3.63, 3.8) is 0 Å². The number of carbonyl (C=O) groups excluding carboxylic acids is 3. The van der Waals surface area contributed by atoms with E-state index in [4.69, 9.17) is 14.5 Å². The number of imidazole rings is 1. The number of H-pyrrole nitrogens is 1. The van der Waals surface area contributed by atoms with E-state index in [0.717, 1.165) is 24.2 Å². The Bertz CT molecular complexity index is 1070. The zero-order chi connectivity index (χ0) is 24.0. The van der Waals surface area contributed by atoms with Gasteiger partial charge in [-0.25, -0.2) is 14.6 Å². The molecule has 176 valence electrons. The van der Waals surface area contributed by atoms with Crippen molar-refractivity contribution in [2.45, 2.75) is 59.0 Å². The van der Waals surface area contributed by atoms with E-state index in [9.17, 15) is 14.4 Å². The van der Waals surface area contributed by atoms with Gasteiger partial charge in [0.1, 0.15) is 17.1 Å². The number of nitrogens with one attached hydrogen (secondary N) is 1. The van der Waals surface area contributed by atoms with Crippen molar-refractivity contribution in [1.82, 2.24) is 14.9 Å². The largest absolute Gasteiger partial charge is 0.462 e. The first-order valence-corrected chi connectivity index (χ1v) is 11.4. The van der Waals surface area contributed by atoms with Crippen LogP contribution in [-0.2, 0) is 9.47 Å². The van der Waals surface area contributed by atoms with Gasteiger partial charge in [0.2, 0.25) is 0 Å². The van der Waals surface area contributed by atoms with Gasteiger partial charge in [-0.05, 0) is 52.7 Å². The molecule has 1 aliphatic heterocycles. The molecule has 1 saturated carbocycles. The lowest BCUT2D eigenvalue weighted by molar-refractivity contribution is -0.0796. The number of benzene rings is 1. The van der Waals surface area contributed by atoms with E-state index in [-0.39, 0.29) is 29.2 Å². The summed E-state index contributed by atoms with van der Waals surface area (Å²) in [6.45, 7) is 10.6. The Hall–Kier alpha value is -3.16. The van der Waals surface area contributed by atoms with E-state index in [1.807, 2.05) is 20.8 Å². The van der Waals surface area contributed by atoms with Gasteiger partial charge in [0, 0.05) is 36.9 Å².